The largest absolute Gasteiger partial charge is 0.394 e. The van der Waals surface area contributed by atoms with Gasteiger partial charge in [0.05, 0.1) is 25.5 Å². The highest BCUT2D eigenvalue weighted by Gasteiger charge is 2.25. The van der Waals surface area contributed by atoms with Crippen molar-refractivity contribution in [2.24, 2.45) is 0 Å². The smallest absolute Gasteiger partial charge is 0.0701 e. The standard InChI is InChI=1S/C17H31N3O2/c1-3-4-9-20(2)13-15-12-18-19-17(15)14-5-7-16(8-6-14)22-11-10-21/h12,14,16,21H,3-11,13H2,1-2H3,(H,18,19). The minimum absolute atomic E-state index is 0.120. The number of hydrogen-bond donors (Lipinski definition) is 2. The molecule has 0 amide bonds. The fourth-order valence-corrected chi connectivity index (χ4v) is 3.34. The zero-order valence-corrected chi connectivity index (χ0v) is 14.1. The first-order chi connectivity index (χ1) is 10.7. The Balaban J connectivity index is 1.85. The Kier molecular flexibility index (Phi) is 7.36. The van der Waals surface area contributed by atoms with Crippen molar-refractivity contribution in [1.29, 1.82) is 0 Å². The molecule has 5 heteroatoms. The van der Waals surface area contributed by atoms with Crippen LogP contribution in [0.2, 0.25) is 0 Å². The van der Waals surface area contributed by atoms with Crippen molar-refractivity contribution < 1.29 is 9.84 Å². The van der Waals surface area contributed by atoms with Crippen molar-refractivity contribution >= 4 is 0 Å². The molecule has 0 atom stereocenters. The predicted octanol–water partition coefficient (Wildman–Crippen LogP) is 2.68. The summed E-state index contributed by atoms with van der Waals surface area (Å²) in [7, 11) is 2.19. The van der Waals surface area contributed by atoms with Crippen molar-refractivity contribution in [2.45, 2.75) is 64.0 Å². The Labute approximate surface area is 134 Å². The van der Waals surface area contributed by atoms with Gasteiger partial charge in [-0.2, -0.15) is 5.10 Å². The van der Waals surface area contributed by atoms with Gasteiger partial charge in [-0.05, 0) is 45.7 Å². The molecule has 22 heavy (non-hydrogen) atoms. The van der Waals surface area contributed by atoms with Crippen molar-refractivity contribution in [2.75, 3.05) is 26.8 Å². The van der Waals surface area contributed by atoms with E-state index in [1.807, 2.05) is 6.20 Å². The highest BCUT2D eigenvalue weighted by atomic mass is 16.5. The van der Waals surface area contributed by atoms with E-state index in [-0.39, 0.29) is 6.61 Å². The van der Waals surface area contributed by atoms with E-state index in [4.69, 9.17) is 9.84 Å². The van der Waals surface area contributed by atoms with Gasteiger partial charge in [0.2, 0.25) is 0 Å². The average molecular weight is 309 g/mol. The van der Waals surface area contributed by atoms with Gasteiger partial charge in [0, 0.05) is 23.7 Å². The van der Waals surface area contributed by atoms with E-state index < -0.39 is 0 Å². The zero-order valence-electron chi connectivity index (χ0n) is 14.1. The summed E-state index contributed by atoms with van der Waals surface area (Å²) in [6.45, 7) is 4.94. The molecular formula is C17H31N3O2. The van der Waals surface area contributed by atoms with E-state index in [1.165, 1.54) is 24.1 Å². The lowest BCUT2D eigenvalue weighted by Crippen LogP contribution is -2.24. The molecule has 0 spiro atoms. The first-order valence-corrected chi connectivity index (χ1v) is 8.67. The quantitative estimate of drug-likeness (QED) is 0.736. The molecule has 0 radical (unpaired) electrons. The second-order valence-electron chi connectivity index (χ2n) is 6.47. The van der Waals surface area contributed by atoms with Crippen LogP contribution in [0.25, 0.3) is 0 Å². The van der Waals surface area contributed by atoms with E-state index in [0.717, 1.165) is 38.8 Å². The molecule has 0 saturated heterocycles. The molecule has 1 aliphatic carbocycles. The Bertz CT molecular complexity index is 414. The van der Waals surface area contributed by atoms with Gasteiger partial charge in [0.1, 0.15) is 0 Å². The fraction of sp³-hybridized carbons (Fsp3) is 0.824. The summed E-state index contributed by atoms with van der Waals surface area (Å²) in [4.78, 5) is 2.38. The summed E-state index contributed by atoms with van der Waals surface area (Å²) in [5.41, 5.74) is 2.67. The molecule has 126 valence electrons. The summed E-state index contributed by atoms with van der Waals surface area (Å²) in [6.07, 6.45) is 9.24. The first kappa shape index (κ1) is 17.4. The van der Waals surface area contributed by atoms with Crippen LogP contribution in [0.1, 0.15) is 62.6 Å². The van der Waals surface area contributed by atoms with Crippen LogP contribution in [-0.4, -0.2) is 53.1 Å². The number of hydrogen-bond acceptors (Lipinski definition) is 4. The molecule has 1 aromatic heterocycles. The maximum atomic E-state index is 8.84. The third-order valence-electron chi connectivity index (χ3n) is 4.61. The molecule has 0 bridgehead atoms. The molecule has 0 aliphatic heterocycles. The van der Waals surface area contributed by atoms with Gasteiger partial charge < -0.3 is 14.7 Å². The number of H-pyrrole nitrogens is 1. The van der Waals surface area contributed by atoms with E-state index in [0.29, 0.717) is 18.6 Å². The van der Waals surface area contributed by atoms with Crippen LogP contribution < -0.4 is 0 Å². The molecule has 5 nitrogen and oxygen atoms in total. The highest BCUT2D eigenvalue weighted by molar-refractivity contribution is 5.21. The molecule has 1 saturated carbocycles. The molecule has 1 fully saturated rings. The molecule has 2 rings (SSSR count). The second kappa shape index (κ2) is 9.28. The number of aromatic amines is 1. The van der Waals surface area contributed by atoms with Crippen LogP contribution in [0, 0.1) is 0 Å². The van der Waals surface area contributed by atoms with Gasteiger partial charge in [-0.1, -0.05) is 13.3 Å². The number of ether oxygens (including phenoxy) is 1. The number of aromatic nitrogens is 2. The highest BCUT2D eigenvalue weighted by Crippen LogP contribution is 2.34. The SMILES string of the molecule is CCCCN(C)Cc1cn[nH]c1C1CCC(OCCO)CC1. The van der Waals surface area contributed by atoms with Gasteiger partial charge in [0.25, 0.3) is 0 Å². The number of unbranched alkanes of at least 4 members (excludes halogenated alkanes) is 1. The summed E-state index contributed by atoms with van der Waals surface area (Å²) in [6, 6.07) is 0. The van der Waals surface area contributed by atoms with Crippen LogP contribution in [-0.2, 0) is 11.3 Å². The van der Waals surface area contributed by atoms with Crippen molar-refractivity contribution in [1.82, 2.24) is 15.1 Å². The van der Waals surface area contributed by atoms with Crippen LogP contribution in [0.15, 0.2) is 6.20 Å². The minimum atomic E-state index is 0.120. The summed E-state index contributed by atoms with van der Waals surface area (Å²) < 4.78 is 5.65. The topological polar surface area (TPSA) is 61.4 Å². The van der Waals surface area contributed by atoms with Crippen molar-refractivity contribution in [3.8, 4) is 0 Å². The van der Waals surface area contributed by atoms with Gasteiger partial charge in [-0.15, -0.1) is 0 Å². The predicted molar refractivity (Wildman–Crippen MR) is 87.9 cm³/mol. The second-order valence-corrected chi connectivity index (χ2v) is 6.47. The zero-order chi connectivity index (χ0) is 15.8. The van der Waals surface area contributed by atoms with Crippen LogP contribution in [0.3, 0.4) is 0 Å². The lowest BCUT2D eigenvalue weighted by atomic mass is 9.84. The Morgan fingerprint density at radius 2 is 2.14 bits per heavy atom. The summed E-state index contributed by atoms with van der Waals surface area (Å²) in [5.74, 6) is 0.575. The minimum Gasteiger partial charge on any atom is -0.394 e. The average Bonchev–Trinajstić information content (AvgIpc) is 2.99. The van der Waals surface area contributed by atoms with Gasteiger partial charge in [0.15, 0.2) is 0 Å². The number of aliphatic hydroxyl groups excluding tert-OH is 1. The van der Waals surface area contributed by atoms with E-state index in [1.54, 1.807) is 0 Å². The summed E-state index contributed by atoms with van der Waals surface area (Å²) in [5, 5.41) is 16.4. The third-order valence-corrected chi connectivity index (χ3v) is 4.61. The van der Waals surface area contributed by atoms with Crippen LogP contribution in [0.4, 0.5) is 0 Å². The molecular weight excluding hydrogens is 278 g/mol. The Morgan fingerprint density at radius 1 is 1.36 bits per heavy atom. The number of nitrogens with zero attached hydrogens (tertiary/aromatic N) is 2. The lowest BCUT2D eigenvalue weighted by Gasteiger charge is -2.28. The maximum absolute atomic E-state index is 8.84. The Hall–Kier alpha value is -0.910. The van der Waals surface area contributed by atoms with E-state index in [2.05, 4.69) is 29.1 Å². The first-order valence-electron chi connectivity index (χ1n) is 8.67. The molecule has 1 aliphatic rings. The molecule has 2 N–H and O–H groups in total. The van der Waals surface area contributed by atoms with Crippen LogP contribution in [0.5, 0.6) is 0 Å². The third kappa shape index (κ3) is 5.07. The van der Waals surface area contributed by atoms with Gasteiger partial charge in [-0.3, -0.25) is 5.10 Å². The van der Waals surface area contributed by atoms with E-state index in [9.17, 15) is 0 Å². The maximum Gasteiger partial charge on any atom is 0.0701 e. The number of rotatable bonds is 9. The molecule has 0 unspecified atom stereocenters. The monoisotopic (exact) mass is 309 g/mol. The van der Waals surface area contributed by atoms with Crippen LogP contribution >= 0.6 is 0 Å². The molecule has 0 aromatic carbocycles. The van der Waals surface area contributed by atoms with Crippen molar-refractivity contribution in [3.63, 3.8) is 0 Å². The lowest BCUT2D eigenvalue weighted by molar-refractivity contribution is 0.00554. The fourth-order valence-electron chi connectivity index (χ4n) is 3.34. The molecule has 1 aromatic rings. The number of aliphatic hydroxyl groups is 1. The molecule has 1 heterocycles. The normalized spacial score (nSPS) is 22.4. The number of nitrogens with one attached hydrogen (secondary N) is 1. The van der Waals surface area contributed by atoms with E-state index >= 15 is 0 Å². The van der Waals surface area contributed by atoms with Crippen molar-refractivity contribution in [3.05, 3.63) is 17.5 Å². The Morgan fingerprint density at radius 3 is 2.82 bits per heavy atom. The van der Waals surface area contributed by atoms with Gasteiger partial charge in [-0.25, -0.2) is 0 Å². The summed E-state index contributed by atoms with van der Waals surface area (Å²) >= 11 is 0. The van der Waals surface area contributed by atoms with Gasteiger partial charge >= 0.3 is 0 Å².